The Hall–Kier alpha value is -2.65. The van der Waals surface area contributed by atoms with Crippen LogP contribution in [-0.2, 0) is 10.0 Å². The fraction of sp³-hybridized carbons (Fsp3) is 0.167. The van der Waals surface area contributed by atoms with E-state index in [1.807, 2.05) is 43.3 Å². The van der Waals surface area contributed by atoms with Crippen molar-refractivity contribution in [2.75, 3.05) is 4.72 Å². The van der Waals surface area contributed by atoms with Crippen LogP contribution in [0.4, 0.5) is 5.69 Å². The lowest BCUT2D eigenvalue weighted by Crippen LogP contribution is -2.23. The van der Waals surface area contributed by atoms with Gasteiger partial charge < -0.3 is 0 Å². The molecule has 0 saturated carbocycles. The minimum atomic E-state index is -3.55. The number of nitrogens with zero attached hydrogens (tertiary/aromatic N) is 3. The van der Waals surface area contributed by atoms with E-state index in [9.17, 15) is 8.42 Å². The molecule has 1 aliphatic heterocycles. The second-order valence-corrected chi connectivity index (χ2v) is 9.55. The van der Waals surface area contributed by atoms with Crippen LogP contribution in [0.2, 0.25) is 0 Å². The molecule has 0 bridgehead atoms. The fourth-order valence-corrected chi connectivity index (χ4v) is 5.82. The molecule has 0 saturated heterocycles. The first kappa shape index (κ1) is 17.7. The summed E-state index contributed by atoms with van der Waals surface area (Å²) >= 11 is 1.38. The average molecular weight is 400 g/mol. The zero-order chi connectivity index (χ0) is 18.9. The van der Waals surface area contributed by atoms with Crippen molar-refractivity contribution >= 4 is 32.4 Å². The Kier molecular flexibility index (Phi) is 4.71. The minimum Gasteiger partial charge on any atom is -0.283 e. The van der Waals surface area contributed by atoms with E-state index in [1.54, 1.807) is 18.2 Å². The monoisotopic (exact) mass is 399 g/mol. The van der Waals surface area contributed by atoms with Gasteiger partial charge in [-0.25, -0.2) is 13.5 Å². The number of aromatic amines is 1. The quantitative estimate of drug-likeness (QED) is 0.682. The average Bonchev–Trinajstić information content (AvgIpc) is 3.34. The summed E-state index contributed by atoms with van der Waals surface area (Å²) in [6.07, 6.45) is 2.46. The highest BCUT2D eigenvalue weighted by atomic mass is 32.3. The molecule has 9 heteroatoms. The van der Waals surface area contributed by atoms with E-state index in [0.29, 0.717) is 23.5 Å². The number of hydrogen-bond donors (Lipinski definition) is 2. The third-order valence-electron chi connectivity index (χ3n) is 4.25. The maximum Gasteiger partial charge on any atom is 0.245 e. The van der Waals surface area contributed by atoms with E-state index >= 15 is 0 Å². The van der Waals surface area contributed by atoms with E-state index in [4.69, 9.17) is 0 Å². The van der Waals surface area contributed by atoms with Crippen molar-refractivity contribution in [1.29, 1.82) is 0 Å². The van der Waals surface area contributed by atoms with Gasteiger partial charge >= 0.3 is 0 Å². The first-order chi connectivity index (χ1) is 13.0. The van der Waals surface area contributed by atoms with Crippen LogP contribution in [0.15, 0.2) is 54.6 Å². The first-order valence-corrected chi connectivity index (χ1v) is 10.7. The minimum absolute atomic E-state index is 0.468. The molecule has 1 unspecified atom stereocenters. The number of allylic oxidation sites excluding steroid dienone is 1. The lowest BCUT2D eigenvalue weighted by molar-refractivity contribution is 0.598. The van der Waals surface area contributed by atoms with Crippen molar-refractivity contribution in [1.82, 2.24) is 20.6 Å². The molecule has 2 heterocycles. The van der Waals surface area contributed by atoms with Crippen LogP contribution in [0, 0.1) is 6.92 Å². The fourth-order valence-electron chi connectivity index (χ4n) is 2.90. The molecule has 3 aromatic rings. The van der Waals surface area contributed by atoms with Crippen molar-refractivity contribution in [2.45, 2.75) is 17.9 Å². The third kappa shape index (κ3) is 3.74. The molecule has 0 radical (unpaired) electrons. The van der Waals surface area contributed by atoms with Crippen LogP contribution in [0.25, 0.3) is 16.3 Å². The van der Waals surface area contributed by atoms with Gasteiger partial charge in [-0.2, -0.15) is 0 Å². The molecule has 7 nitrogen and oxygen atoms in total. The second-order valence-electron chi connectivity index (χ2n) is 6.14. The number of aryl methyl sites for hydroxylation is 1. The predicted molar refractivity (Wildman–Crippen MR) is 107 cm³/mol. The smallest absolute Gasteiger partial charge is 0.245 e. The van der Waals surface area contributed by atoms with E-state index in [2.05, 4.69) is 25.3 Å². The van der Waals surface area contributed by atoms with Gasteiger partial charge in [-0.15, -0.1) is 16.9 Å². The number of H-pyrrole nitrogens is 1. The number of tetrazole rings is 1. The number of nitrogens with one attached hydrogen (secondary N) is 2. The normalized spacial score (nSPS) is 16.9. The van der Waals surface area contributed by atoms with Gasteiger partial charge in [0.15, 0.2) is 5.82 Å². The Morgan fingerprint density at radius 1 is 1.19 bits per heavy atom. The van der Waals surface area contributed by atoms with Crippen molar-refractivity contribution in [3.8, 4) is 11.4 Å². The van der Waals surface area contributed by atoms with Crippen LogP contribution in [0.5, 0.6) is 0 Å². The van der Waals surface area contributed by atoms with Gasteiger partial charge in [-0.1, -0.05) is 42.5 Å². The maximum atomic E-state index is 12.8. The summed E-state index contributed by atoms with van der Waals surface area (Å²) in [5.74, 6) is 0.481. The van der Waals surface area contributed by atoms with Gasteiger partial charge in [0.2, 0.25) is 10.0 Å². The summed E-state index contributed by atoms with van der Waals surface area (Å²) < 4.78 is 27.8. The standard InChI is InChI=1S/C18H17N5O2S2/c1-12-5-2-3-8-15(12)16-9-10-17(26-16)27(24,25)21-14-7-4-6-13(11-14)18-19-22-23-20-18/h2-9,11,17,21H,10H2,1H3,(H,19,20,22,23). The van der Waals surface area contributed by atoms with Gasteiger partial charge in [-0.05, 0) is 47.0 Å². The number of aromatic nitrogens is 4. The molecule has 0 fully saturated rings. The Bertz CT molecular complexity index is 1090. The van der Waals surface area contributed by atoms with Crippen molar-refractivity contribution in [3.05, 3.63) is 65.7 Å². The van der Waals surface area contributed by atoms with Crippen LogP contribution >= 0.6 is 11.8 Å². The lowest BCUT2D eigenvalue weighted by atomic mass is 10.1. The summed E-state index contributed by atoms with van der Waals surface area (Å²) in [7, 11) is -3.55. The maximum absolute atomic E-state index is 12.8. The van der Waals surface area contributed by atoms with Gasteiger partial charge in [0.25, 0.3) is 0 Å². The second kappa shape index (κ2) is 7.16. The molecule has 0 amide bonds. The molecule has 1 aliphatic rings. The molecular weight excluding hydrogens is 382 g/mol. The Morgan fingerprint density at radius 3 is 2.81 bits per heavy atom. The molecule has 1 aromatic heterocycles. The number of rotatable bonds is 5. The SMILES string of the molecule is Cc1ccccc1C1=CCC(S(=O)(=O)Nc2cccc(-c3nnn[nH]3)c2)S1. The summed E-state index contributed by atoms with van der Waals surface area (Å²) in [6.45, 7) is 2.03. The number of anilines is 1. The van der Waals surface area contributed by atoms with E-state index in [-0.39, 0.29) is 0 Å². The Morgan fingerprint density at radius 2 is 2.04 bits per heavy atom. The highest BCUT2D eigenvalue weighted by Crippen LogP contribution is 2.42. The van der Waals surface area contributed by atoms with Crippen molar-refractivity contribution in [2.24, 2.45) is 0 Å². The molecule has 27 heavy (non-hydrogen) atoms. The number of hydrogen-bond acceptors (Lipinski definition) is 6. The largest absolute Gasteiger partial charge is 0.283 e. The zero-order valence-corrected chi connectivity index (χ0v) is 16.1. The third-order valence-corrected chi connectivity index (χ3v) is 7.80. The lowest BCUT2D eigenvalue weighted by Gasteiger charge is -2.15. The highest BCUT2D eigenvalue weighted by Gasteiger charge is 2.31. The predicted octanol–water partition coefficient (Wildman–Crippen LogP) is 3.42. The summed E-state index contributed by atoms with van der Waals surface area (Å²) in [6, 6.07) is 15.0. The van der Waals surface area contributed by atoms with Crippen LogP contribution in [0.1, 0.15) is 17.5 Å². The van der Waals surface area contributed by atoms with Gasteiger partial charge in [-0.3, -0.25) is 4.72 Å². The number of benzene rings is 2. The van der Waals surface area contributed by atoms with Gasteiger partial charge in [0.05, 0.1) is 0 Å². The molecule has 4 rings (SSSR count). The van der Waals surface area contributed by atoms with E-state index in [0.717, 1.165) is 16.0 Å². The van der Waals surface area contributed by atoms with Crippen molar-refractivity contribution in [3.63, 3.8) is 0 Å². The van der Waals surface area contributed by atoms with Crippen LogP contribution in [0.3, 0.4) is 0 Å². The summed E-state index contributed by atoms with van der Waals surface area (Å²) in [5.41, 5.74) is 3.41. The van der Waals surface area contributed by atoms with E-state index in [1.165, 1.54) is 11.8 Å². The first-order valence-electron chi connectivity index (χ1n) is 8.31. The summed E-state index contributed by atoms with van der Waals surface area (Å²) in [4.78, 5) is 1.00. The topological polar surface area (TPSA) is 101 Å². The zero-order valence-electron chi connectivity index (χ0n) is 14.5. The highest BCUT2D eigenvalue weighted by molar-refractivity contribution is 8.19. The Balaban J connectivity index is 1.51. The molecule has 1 atom stereocenters. The molecule has 2 aromatic carbocycles. The molecule has 0 aliphatic carbocycles. The number of sulfonamides is 1. The molecule has 138 valence electrons. The van der Waals surface area contributed by atoms with Crippen molar-refractivity contribution < 1.29 is 8.42 Å². The van der Waals surface area contributed by atoms with Crippen LogP contribution in [-0.4, -0.2) is 33.6 Å². The molecule has 2 N–H and O–H groups in total. The molecule has 0 spiro atoms. The van der Waals surface area contributed by atoms with Crippen LogP contribution < -0.4 is 4.72 Å². The van der Waals surface area contributed by atoms with E-state index < -0.39 is 14.6 Å². The number of thioether (sulfide) groups is 1. The van der Waals surface area contributed by atoms with Gasteiger partial charge in [0, 0.05) is 16.2 Å². The Labute approximate surface area is 161 Å². The molecular formula is C18H17N5O2S2. The van der Waals surface area contributed by atoms with Gasteiger partial charge in [0.1, 0.15) is 4.58 Å². The summed E-state index contributed by atoms with van der Waals surface area (Å²) in [5, 5.41) is 13.6.